The van der Waals surface area contributed by atoms with E-state index >= 15 is 0 Å². The van der Waals surface area contributed by atoms with Crippen molar-refractivity contribution in [1.29, 1.82) is 0 Å². The van der Waals surface area contributed by atoms with Crippen molar-refractivity contribution in [2.45, 2.75) is 32.0 Å². The molecule has 0 spiro atoms. The largest absolute Gasteiger partial charge is 0.493 e. The Balaban J connectivity index is 1.28. The Hall–Kier alpha value is -2.08. The minimum atomic E-state index is 0.553. The molecule has 30 heavy (non-hydrogen) atoms. The van der Waals surface area contributed by atoms with E-state index in [4.69, 9.17) is 9.47 Å². The number of nitrogens with zero attached hydrogens (tertiary/aromatic N) is 2. The Labute approximate surface area is 181 Å². The highest BCUT2D eigenvalue weighted by atomic mass is 16.5. The number of methoxy groups -OCH3 is 1. The molecule has 2 aliphatic heterocycles. The summed E-state index contributed by atoms with van der Waals surface area (Å²) in [4.78, 5) is 6.98. The van der Waals surface area contributed by atoms with Gasteiger partial charge in [0.2, 0.25) is 0 Å². The van der Waals surface area contributed by atoms with Gasteiger partial charge in [-0.05, 0) is 49.2 Å². The first-order valence-electron chi connectivity index (χ1n) is 11.3. The number of hydrogen-bond donors (Lipinski definition) is 1. The summed E-state index contributed by atoms with van der Waals surface area (Å²) in [5, 5.41) is 0. The van der Waals surface area contributed by atoms with Crippen LogP contribution in [0.2, 0.25) is 0 Å². The van der Waals surface area contributed by atoms with Crippen LogP contribution in [0.4, 0.5) is 0 Å². The summed E-state index contributed by atoms with van der Waals surface area (Å²) in [6, 6.07) is 17.4. The zero-order chi connectivity index (χ0) is 20.8. The Morgan fingerprint density at radius 1 is 0.900 bits per heavy atom. The minimum absolute atomic E-state index is 0.553. The Morgan fingerprint density at radius 2 is 1.63 bits per heavy atom. The van der Waals surface area contributed by atoms with Crippen LogP contribution in [0, 0.1) is 0 Å². The average molecular weight is 411 g/mol. The van der Waals surface area contributed by atoms with Gasteiger partial charge in [0.25, 0.3) is 0 Å². The second kappa shape index (κ2) is 10.3. The van der Waals surface area contributed by atoms with Crippen molar-refractivity contribution in [3.05, 3.63) is 59.7 Å². The molecule has 162 valence electrons. The molecule has 2 aromatic rings. The quantitative estimate of drug-likeness (QED) is 0.757. The summed E-state index contributed by atoms with van der Waals surface area (Å²) < 4.78 is 11.6. The highest BCUT2D eigenvalue weighted by Crippen LogP contribution is 2.30. The van der Waals surface area contributed by atoms with E-state index in [0.29, 0.717) is 6.61 Å². The summed E-state index contributed by atoms with van der Waals surface area (Å²) in [7, 11) is 4.03. The molecule has 2 heterocycles. The summed E-state index contributed by atoms with van der Waals surface area (Å²) in [5.41, 5.74) is 2.45. The first kappa shape index (κ1) is 21.2. The van der Waals surface area contributed by atoms with Crippen LogP contribution in [0.15, 0.2) is 48.5 Å². The molecule has 0 aliphatic carbocycles. The van der Waals surface area contributed by atoms with Crippen LogP contribution < -0.4 is 14.4 Å². The molecule has 2 aromatic carbocycles. The number of likely N-dealkylation sites (N-methyl/N-ethyl adjacent to an activating group) is 1. The number of piperazine rings is 1. The predicted octanol–water partition coefficient (Wildman–Crippen LogP) is 2.07. The lowest BCUT2D eigenvalue weighted by atomic mass is 10.0. The molecule has 0 saturated carbocycles. The molecular weight excluding hydrogens is 374 g/mol. The normalized spacial score (nSPS) is 19.7. The predicted molar refractivity (Wildman–Crippen MR) is 120 cm³/mol. The van der Waals surface area contributed by atoms with Crippen LogP contribution in [0.1, 0.15) is 24.0 Å². The maximum absolute atomic E-state index is 6.00. The molecular formula is C25H36N3O2+. The van der Waals surface area contributed by atoms with Crippen molar-refractivity contribution in [3.8, 4) is 11.5 Å². The van der Waals surface area contributed by atoms with E-state index in [-0.39, 0.29) is 0 Å². The van der Waals surface area contributed by atoms with Gasteiger partial charge in [-0.25, -0.2) is 0 Å². The monoisotopic (exact) mass is 410 g/mol. The minimum Gasteiger partial charge on any atom is -0.493 e. The van der Waals surface area contributed by atoms with E-state index in [9.17, 15) is 0 Å². The average Bonchev–Trinajstić information content (AvgIpc) is 2.80. The first-order chi connectivity index (χ1) is 14.7. The molecule has 0 aromatic heterocycles. The van der Waals surface area contributed by atoms with Crippen molar-refractivity contribution in [1.82, 2.24) is 9.80 Å². The van der Waals surface area contributed by atoms with Gasteiger partial charge in [-0.15, -0.1) is 0 Å². The summed E-state index contributed by atoms with van der Waals surface area (Å²) in [6.07, 6.45) is 2.57. The zero-order valence-corrected chi connectivity index (χ0v) is 18.5. The van der Waals surface area contributed by atoms with Crippen molar-refractivity contribution < 1.29 is 14.4 Å². The third-order valence-corrected chi connectivity index (χ3v) is 6.60. The molecule has 5 nitrogen and oxygen atoms in total. The molecule has 0 atom stereocenters. The van der Waals surface area contributed by atoms with Crippen molar-refractivity contribution in [3.63, 3.8) is 0 Å². The van der Waals surface area contributed by atoms with E-state index in [2.05, 4.69) is 47.2 Å². The number of benzene rings is 2. The summed E-state index contributed by atoms with van der Waals surface area (Å²) >= 11 is 0. The number of piperidine rings is 1. The zero-order valence-electron chi connectivity index (χ0n) is 18.5. The highest BCUT2D eigenvalue weighted by Gasteiger charge is 2.27. The van der Waals surface area contributed by atoms with Gasteiger partial charge in [-0.2, -0.15) is 0 Å². The molecule has 0 unspecified atom stereocenters. The van der Waals surface area contributed by atoms with Gasteiger partial charge >= 0.3 is 0 Å². The van der Waals surface area contributed by atoms with Gasteiger partial charge < -0.3 is 14.4 Å². The lowest BCUT2D eigenvalue weighted by Gasteiger charge is -2.40. The number of ether oxygens (including phenoxy) is 2. The molecule has 0 amide bonds. The topological polar surface area (TPSA) is 29.4 Å². The van der Waals surface area contributed by atoms with Gasteiger partial charge in [0.15, 0.2) is 11.5 Å². The molecule has 0 radical (unpaired) electrons. The number of likely N-dealkylation sites (tertiary alicyclic amines) is 1. The molecule has 0 bridgehead atoms. The lowest BCUT2D eigenvalue weighted by Crippen LogP contribution is -3.12. The SMILES string of the molecule is COc1cc(CN2CCC(N3CC[NH+](C)CC3)CC2)ccc1OCc1ccccc1. The molecule has 4 rings (SSSR count). The molecule has 1 N–H and O–H groups in total. The molecule has 2 fully saturated rings. The van der Waals surface area contributed by atoms with Gasteiger partial charge in [0, 0.05) is 25.7 Å². The number of quaternary nitrogens is 1. The fourth-order valence-electron chi connectivity index (χ4n) is 4.64. The number of nitrogens with one attached hydrogen (secondary N) is 1. The van der Waals surface area contributed by atoms with Crippen LogP contribution in [0.3, 0.4) is 0 Å². The van der Waals surface area contributed by atoms with Gasteiger partial charge in [-0.3, -0.25) is 9.80 Å². The van der Waals surface area contributed by atoms with E-state index in [1.54, 1.807) is 12.0 Å². The molecule has 2 aliphatic rings. The third-order valence-electron chi connectivity index (χ3n) is 6.60. The summed E-state index contributed by atoms with van der Waals surface area (Å²) in [5.74, 6) is 1.62. The lowest BCUT2D eigenvalue weighted by molar-refractivity contribution is -0.884. The maximum atomic E-state index is 6.00. The molecule has 5 heteroatoms. The fraction of sp³-hybridized carbons (Fsp3) is 0.520. The Kier molecular flexibility index (Phi) is 7.26. The van der Waals surface area contributed by atoms with Crippen LogP contribution in [0.25, 0.3) is 0 Å². The standard InChI is InChI=1S/C25H35N3O2/c1-26-14-16-28(17-15-26)23-10-12-27(13-11-23)19-22-8-9-24(25(18-22)29-2)30-20-21-6-4-3-5-7-21/h3-9,18,23H,10-17,19-20H2,1-2H3/p+1. The van der Waals surface area contributed by atoms with Crippen molar-refractivity contribution in [2.75, 3.05) is 53.4 Å². The first-order valence-corrected chi connectivity index (χ1v) is 11.3. The van der Waals surface area contributed by atoms with Crippen molar-refractivity contribution in [2.24, 2.45) is 0 Å². The smallest absolute Gasteiger partial charge is 0.161 e. The second-order valence-electron chi connectivity index (χ2n) is 8.76. The van der Waals surface area contributed by atoms with E-state index in [1.807, 2.05) is 18.2 Å². The van der Waals surface area contributed by atoms with Crippen LogP contribution in [-0.2, 0) is 13.2 Å². The van der Waals surface area contributed by atoms with Crippen LogP contribution >= 0.6 is 0 Å². The molecule has 2 saturated heterocycles. The Morgan fingerprint density at radius 3 is 2.33 bits per heavy atom. The number of rotatable bonds is 7. The van der Waals surface area contributed by atoms with Crippen LogP contribution in [-0.4, -0.2) is 69.3 Å². The van der Waals surface area contributed by atoms with Gasteiger partial charge in [-0.1, -0.05) is 36.4 Å². The fourth-order valence-corrected chi connectivity index (χ4v) is 4.64. The highest BCUT2D eigenvalue weighted by molar-refractivity contribution is 5.43. The van der Waals surface area contributed by atoms with E-state index in [0.717, 1.165) is 29.6 Å². The van der Waals surface area contributed by atoms with Crippen LogP contribution in [0.5, 0.6) is 11.5 Å². The van der Waals surface area contributed by atoms with Gasteiger partial charge in [0.05, 0.1) is 27.2 Å². The van der Waals surface area contributed by atoms with Gasteiger partial charge in [0.1, 0.15) is 6.61 Å². The number of hydrogen-bond acceptors (Lipinski definition) is 4. The third kappa shape index (κ3) is 5.54. The van der Waals surface area contributed by atoms with E-state index in [1.165, 1.54) is 57.7 Å². The summed E-state index contributed by atoms with van der Waals surface area (Å²) in [6.45, 7) is 9.00. The van der Waals surface area contributed by atoms with E-state index < -0.39 is 0 Å². The van der Waals surface area contributed by atoms with Crippen molar-refractivity contribution >= 4 is 0 Å². The second-order valence-corrected chi connectivity index (χ2v) is 8.76. The maximum Gasteiger partial charge on any atom is 0.161 e. The Bertz CT molecular complexity index is 782.